The van der Waals surface area contributed by atoms with E-state index in [4.69, 9.17) is 4.52 Å². The van der Waals surface area contributed by atoms with Crippen LogP contribution in [0.3, 0.4) is 0 Å². The van der Waals surface area contributed by atoms with Crippen molar-refractivity contribution in [3.63, 3.8) is 0 Å². The molecule has 0 heterocycles. The van der Waals surface area contributed by atoms with E-state index >= 15 is 0 Å². The molecule has 2 N–H and O–H groups in total. The van der Waals surface area contributed by atoms with E-state index in [-0.39, 0.29) is 6.10 Å². The summed E-state index contributed by atoms with van der Waals surface area (Å²) in [7, 11) is 0. The van der Waals surface area contributed by atoms with Crippen LogP contribution in [0.5, 0.6) is 0 Å². The van der Waals surface area contributed by atoms with E-state index in [1.807, 2.05) is 6.92 Å². The van der Waals surface area contributed by atoms with E-state index in [1.165, 1.54) is 19.3 Å². The maximum atomic E-state index is 9.35. The molecule has 0 aliphatic heterocycles. The predicted molar refractivity (Wildman–Crippen MR) is 68.5 cm³/mol. The summed E-state index contributed by atoms with van der Waals surface area (Å²) < 4.78 is 0.960. The number of halogens is 2. The van der Waals surface area contributed by atoms with E-state index in [2.05, 4.69) is 37.9 Å². The van der Waals surface area contributed by atoms with Crippen LogP contribution in [-0.2, 0) is 4.52 Å². The molecule has 0 fully saturated rings. The van der Waals surface area contributed by atoms with Crippen LogP contribution in [0.1, 0.15) is 46.0 Å². The van der Waals surface area contributed by atoms with Crippen LogP contribution in [0.15, 0.2) is 0 Å². The minimum absolute atomic E-state index is 0.154. The standard InChI is InChI=1S/C8H19Br2O3P/c1-3-4-5-6-7-8(2)13-14(9,10,11)12/h8,11-12H,3-7H2,1-2H3. The van der Waals surface area contributed by atoms with Gasteiger partial charge in [0.2, 0.25) is 0 Å². The Morgan fingerprint density at radius 3 is 2.21 bits per heavy atom. The first-order valence-electron chi connectivity index (χ1n) is 4.85. The average molecular weight is 354 g/mol. The fourth-order valence-corrected chi connectivity index (χ4v) is 3.62. The fraction of sp³-hybridized carbons (Fsp3) is 1.00. The third kappa shape index (κ3) is 11.3. The Hall–Kier alpha value is 1.27. The summed E-state index contributed by atoms with van der Waals surface area (Å²) in [5.41, 5.74) is 0. The molecule has 0 aromatic heterocycles. The van der Waals surface area contributed by atoms with Crippen LogP contribution < -0.4 is 0 Å². The Bertz CT molecular complexity index is 160. The van der Waals surface area contributed by atoms with Gasteiger partial charge in [-0.15, -0.1) is 0 Å². The summed E-state index contributed by atoms with van der Waals surface area (Å²) in [6.45, 7) is 3.99. The maximum absolute atomic E-state index is 9.35. The van der Waals surface area contributed by atoms with Crippen LogP contribution in [0.25, 0.3) is 0 Å². The van der Waals surface area contributed by atoms with Crippen molar-refractivity contribution in [1.82, 2.24) is 0 Å². The molecule has 0 aliphatic carbocycles. The zero-order valence-electron chi connectivity index (χ0n) is 8.62. The third-order valence-electron chi connectivity index (χ3n) is 1.82. The van der Waals surface area contributed by atoms with Crippen molar-refractivity contribution >= 4 is 35.7 Å². The van der Waals surface area contributed by atoms with Crippen molar-refractivity contribution in [2.75, 3.05) is 0 Å². The van der Waals surface area contributed by atoms with Crippen molar-refractivity contribution < 1.29 is 14.3 Å². The second-order valence-electron chi connectivity index (χ2n) is 3.52. The average Bonchev–Trinajstić information content (AvgIpc) is 1.93. The quantitative estimate of drug-likeness (QED) is 0.531. The molecule has 0 radical (unpaired) electrons. The normalized spacial score (nSPS) is 17.4. The molecule has 3 nitrogen and oxygen atoms in total. The van der Waals surface area contributed by atoms with Gasteiger partial charge in [-0.1, -0.05) is 0 Å². The molecule has 0 aliphatic rings. The molecule has 0 aromatic rings. The SMILES string of the molecule is CCCCCCC(C)OP(O)(O)(Br)Br. The van der Waals surface area contributed by atoms with Crippen molar-refractivity contribution in [3.8, 4) is 0 Å². The number of hydrogen-bond acceptors (Lipinski definition) is 3. The zero-order valence-corrected chi connectivity index (χ0v) is 12.7. The molecular formula is C8H19Br2O3P. The monoisotopic (exact) mass is 352 g/mol. The number of unbranched alkanes of at least 4 members (excludes halogenated alkanes) is 3. The predicted octanol–water partition coefficient (Wildman–Crippen LogP) is 4.26. The minimum atomic E-state index is -4.12. The van der Waals surface area contributed by atoms with Crippen LogP contribution >= 0.6 is 35.7 Å². The molecule has 0 aromatic carbocycles. The zero-order chi connectivity index (χ0) is 11.3. The first-order chi connectivity index (χ1) is 6.21. The summed E-state index contributed by atoms with van der Waals surface area (Å²) in [5, 5.41) is 0. The summed E-state index contributed by atoms with van der Waals surface area (Å²) in [4.78, 5) is 18.7. The Kier molecular flexibility index (Phi) is 6.67. The topological polar surface area (TPSA) is 49.7 Å². The van der Waals surface area contributed by atoms with Gasteiger partial charge in [-0.3, -0.25) is 0 Å². The van der Waals surface area contributed by atoms with E-state index in [0.29, 0.717) is 0 Å². The van der Waals surface area contributed by atoms with E-state index in [1.54, 1.807) is 0 Å². The van der Waals surface area contributed by atoms with Crippen molar-refractivity contribution in [2.24, 2.45) is 0 Å². The molecule has 0 spiro atoms. The molecule has 0 rings (SSSR count). The molecule has 0 saturated carbocycles. The number of hydrogen-bond donors (Lipinski definition) is 2. The van der Waals surface area contributed by atoms with Crippen LogP contribution in [-0.4, -0.2) is 15.9 Å². The molecular weight excluding hydrogens is 335 g/mol. The molecule has 0 bridgehead atoms. The van der Waals surface area contributed by atoms with Gasteiger partial charge in [-0.05, 0) is 0 Å². The first kappa shape index (κ1) is 15.3. The van der Waals surface area contributed by atoms with Crippen molar-refractivity contribution in [1.29, 1.82) is 0 Å². The van der Waals surface area contributed by atoms with Gasteiger partial charge >= 0.3 is 102 Å². The van der Waals surface area contributed by atoms with Gasteiger partial charge in [0.15, 0.2) is 0 Å². The van der Waals surface area contributed by atoms with Gasteiger partial charge in [0.1, 0.15) is 0 Å². The van der Waals surface area contributed by atoms with Gasteiger partial charge in [0.25, 0.3) is 0 Å². The van der Waals surface area contributed by atoms with Gasteiger partial charge in [-0.25, -0.2) is 0 Å². The van der Waals surface area contributed by atoms with Gasteiger partial charge in [0, 0.05) is 0 Å². The Labute approximate surface area is 102 Å². The van der Waals surface area contributed by atoms with Crippen molar-refractivity contribution in [2.45, 2.75) is 52.1 Å². The van der Waals surface area contributed by atoms with E-state index in [0.717, 1.165) is 12.8 Å². The Morgan fingerprint density at radius 2 is 1.79 bits per heavy atom. The van der Waals surface area contributed by atoms with E-state index in [9.17, 15) is 9.79 Å². The van der Waals surface area contributed by atoms with Gasteiger partial charge in [0.05, 0.1) is 0 Å². The first-order valence-corrected chi connectivity index (χ1v) is 10.9. The summed E-state index contributed by atoms with van der Waals surface area (Å²) in [5.74, 6) is 0. The molecule has 0 saturated heterocycles. The molecule has 1 unspecified atom stereocenters. The van der Waals surface area contributed by atoms with Gasteiger partial charge in [-0.2, -0.15) is 0 Å². The second kappa shape index (κ2) is 6.12. The molecule has 6 heteroatoms. The van der Waals surface area contributed by atoms with Crippen molar-refractivity contribution in [3.05, 3.63) is 0 Å². The molecule has 88 valence electrons. The molecule has 0 amide bonds. The fourth-order valence-electron chi connectivity index (χ4n) is 1.21. The second-order valence-corrected chi connectivity index (χ2v) is 15.8. The van der Waals surface area contributed by atoms with Crippen LogP contribution in [0.2, 0.25) is 0 Å². The summed E-state index contributed by atoms with van der Waals surface area (Å²) in [6.07, 6.45) is 5.33. The summed E-state index contributed by atoms with van der Waals surface area (Å²) >= 11 is 5.48. The molecule has 1 atom stereocenters. The number of rotatable bonds is 7. The van der Waals surface area contributed by atoms with E-state index < -0.39 is 4.69 Å². The Morgan fingerprint density at radius 1 is 1.21 bits per heavy atom. The van der Waals surface area contributed by atoms with Crippen LogP contribution in [0, 0.1) is 0 Å². The molecule has 14 heavy (non-hydrogen) atoms. The Balaban J connectivity index is 3.61. The third-order valence-corrected chi connectivity index (χ3v) is 3.53. The van der Waals surface area contributed by atoms with Gasteiger partial charge < -0.3 is 0 Å². The summed E-state index contributed by atoms with van der Waals surface area (Å²) in [6, 6.07) is 0. The van der Waals surface area contributed by atoms with Crippen LogP contribution in [0.4, 0.5) is 0 Å².